The van der Waals surface area contributed by atoms with E-state index in [0.717, 1.165) is 10.4 Å². The predicted octanol–water partition coefficient (Wildman–Crippen LogP) is 5.81. The lowest BCUT2D eigenvalue weighted by Gasteiger charge is -2.28. The van der Waals surface area contributed by atoms with Gasteiger partial charge in [0.05, 0.1) is 6.54 Å². The molecule has 1 heterocycles. The molecule has 7 heteroatoms. The summed E-state index contributed by atoms with van der Waals surface area (Å²) in [5.41, 5.74) is 2.69. The molecule has 0 saturated heterocycles. The maximum Gasteiger partial charge on any atom is 0.254 e. The third-order valence-electron chi connectivity index (χ3n) is 5.48. The van der Waals surface area contributed by atoms with Crippen molar-refractivity contribution in [1.29, 1.82) is 0 Å². The average Bonchev–Trinajstić information content (AvgIpc) is 3.25. The van der Waals surface area contributed by atoms with Crippen LogP contribution >= 0.6 is 22.9 Å². The minimum Gasteiger partial charge on any atom is -0.382 e. The summed E-state index contributed by atoms with van der Waals surface area (Å²) in [6.45, 7) is 6.55. The van der Waals surface area contributed by atoms with E-state index >= 15 is 0 Å². The number of carbonyl (C=O) groups is 2. The Bertz CT molecular complexity index is 1070. The first-order valence-corrected chi connectivity index (χ1v) is 12.7. The van der Waals surface area contributed by atoms with E-state index in [0.29, 0.717) is 49.9 Å². The van der Waals surface area contributed by atoms with Gasteiger partial charge in [-0.3, -0.25) is 9.59 Å². The van der Waals surface area contributed by atoms with Crippen LogP contribution in [0.2, 0.25) is 5.02 Å². The Balaban J connectivity index is 1.80. The highest BCUT2D eigenvalue weighted by molar-refractivity contribution is 7.10. The summed E-state index contributed by atoms with van der Waals surface area (Å²) in [7, 11) is 0. The predicted molar refractivity (Wildman–Crippen MR) is 138 cm³/mol. The van der Waals surface area contributed by atoms with Crippen molar-refractivity contribution in [2.45, 2.75) is 33.4 Å². The first kappa shape index (κ1) is 25.9. The normalized spacial score (nSPS) is 10.8. The van der Waals surface area contributed by atoms with Gasteiger partial charge in [0.25, 0.3) is 5.91 Å². The molecule has 180 valence electrons. The molecule has 0 unspecified atom stereocenters. The first-order chi connectivity index (χ1) is 16.5. The van der Waals surface area contributed by atoms with E-state index in [-0.39, 0.29) is 18.4 Å². The highest BCUT2D eigenvalue weighted by atomic mass is 35.5. The van der Waals surface area contributed by atoms with Crippen molar-refractivity contribution in [2.24, 2.45) is 0 Å². The lowest BCUT2D eigenvalue weighted by molar-refractivity contribution is -0.133. The van der Waals surface area contributed by atoms with Gasteiger partial charge in [0, 0.05) is 41.8 Å². The van der Waals surface area contributed by atoms with Gasteiger partial charge in [-0.1, -0.05) is 48.0 Å². The van der Waals surface area contributed by atoms with Gasteiger partial charge in [0.2, 0.25) is 5.91 Å². The van der Waals surface area contributed by atoms with Crippen LogP contribution in [0.25, 0.3) is 0 Å². The number of halogens is 1. The van der Waals surface area contributed by atoms with Gasteiger partial charge in [0.15, 0.2) is 0 Å². The molecule has 0 bridgehead atoms. The molecule has 0 aliphatic carbocycles. The number of aryl methyl sites for hydroxylation is 1. The summed E-state index contributed by atoms with van der Waals surface area (Å²) < 4.78 is 5.45. The molecule has 5 nitrogen and oxygen atoms in total. The molecule has 2 aromatic carbocycles. The van der Waals surface area contributed by atoms with Gasteiger partial charge < -0.3 is 14.5 Å². The zero-order chi connectivity index (χ0) is 24.3. The Morgan fingerprint density at radius 2 is 1.79 bits per heavy atom. The summed E-state index contributed by atoms with van der Waals surface area (Å²) in [5.74, 6) is -0.303. The van der Waals surface area contributed by atoms with E-state index in [9.17, 15) is 9.59 Å². The molecule has 0 saturated carbocycles. The van der Waals surface area contributed by atoms with Crippen molar-refractivity contribution in [3.05, 3.63) is 92.6 Å². The molecule has 0 atom stereocenters. The van der Waals surface area contributed by atoms with Crippen molar-refractivity contribution in [1.82, 2.24) is 9.80 Å². The van der Waals surface area contributed by atoms with Crippen LogP contribution in [0.5, 0.6) is 0 Å². The standard InChI is InChI=1S/C27H31ClN2O3S/c1-3-33-15-8-14-29(27(32)23-11-7-12-24(28)17-23)20-26(31)30(18-22-9-5-4-6-10-22)19-25-21(2)13-16-34-25/h4-7,9-13,16-17H,3,8,14-15,18-20H2,1-2H3. The average molecular weight is 499 g/mol. The third kappa shape index (κ3) is 7.69. The summed E-state index contributed by atoms with van der Waals surface area (Å²) >= 11 is 7.76. The molecule has 3 rings (SSSR count). The van der Waals surface area contributed by atoms with Gasteiger partial charge in [-0.05, 0) is 61.0 Å². The second-order valence-corrected chi connectivity index (χ2v) is 9.49. The number of amides is 2. The van der Waals surface area contributed by atoms with Crippen molar-refractivity contribution in [2.75, 3.05) is 26.3 Å². The van der Waals surface area contributed by atoms with Crippen LogP contribution in [0, 0.1) is 6.92 Å². The molecule has 0 fully saturated rings. The fourth-order valence-electron chi connectivity index (χ4n) is 3.60. The van der Waals surface area contributed by atoms with Gasteiger partial charge in [-0.25, -0.2) is 0 Å². The summed E-state index contributed by atoms with van der Waals surface area (Å²) in [5, 5.41) is 2.53. The SMILES string of the molecule is CCOCCCN(CC(=O)N(Cc1ccccc1)Cc1sccc1C)C(=O)c1cccc(Cl)c1. The maximum absolute atomic E-state index is 13.6. The zero-order valence-electron chi connectivity index (χ0n) is 19.7. The monoisotopic (exact) mass is 498 g/mol. The van der Waals surface area contributed by atoms with Gasteiger partial charge in [0.1, 0.15) is 6.54 Å². The molecule has 2 amide bonds. The molecule has 3 aromatic rings. The van der Waals surface area contributed by atoms with E-state index in [1.54, 1.807) is 40.5 Å². The van der Waals surface area contributed by atoms with E-state index in [4.69, 9.17) is 16.3 Å². The van der Waals surface area contributed by atoms with Crippen molar-refractivity contribution in [3.8, 4) is 0 Å². The fraction of sp³-hybridized carbons (Fsp3) is 0.333. The van der Waals surface area contributed by atoms with Crippen LogP contribution in [0.3, 0.4) is 0 Å². The molecule has 0 N–H and O–H groups in total. The molecule has 0 radical (unpaired) electrons. The van der Waals surface area contributed by atoms with Gasteiger partial charge in [-0.15, -0.1) is 11.3 Å². The molecular formula is C27H31ClN2O3S. The van der Waals surface area contributed by atoms with Crippen LogP contribution in [0.4, 0.5) is 0 Å². The third-order valence-corrected chi connectivity index (χ3v) is 6.72. The number of benzene rings is 2. The minimum absolute atomic E-state index is 0.00523. The Hall–Kier alpha value is -2.67. The largest absolute Gasteiger partial charge is 0.382 e. The molecule has 0 spiro atoms. The highest BCUT2D eigenvalue weighted by Gasteiger charge is 2.23. The van der Waals surface area contributed by atoms with Crippen LogP contribution in [0.15, 0.2) is 66.0 Å². The number of thiophene rings is 1. The van der Waals surface area contributed by atoms with E-state index in [1.165, 1.54) is 5.56 Å². The Labute approximate surface area is 210 Å². The molecule has 1 aromatic heterocycles. The first-order valence-electron chi connectivity index (χ1n) is 11.4. The quantitative estimate of drug-likeness (QED) is 0.296. The second-order valence-electron chi connectivity index (χ2n) is 8.05. The second kappa shape index (κ2) is 13.3. The van der Waals surface area contributed by atoms with Crippen molar-refractivity contribution < 1.29 is 14.3 Å². The Morgan fingerprint density at radius 1 is 1.00 bits per heavy atom. The number of carbonyl (C=O) groups excluding carboxylic acids is 2. The van der Waals surface area contributed by atoms with Crippen LogP contribution in [0.1, 0.15) is 39.7 Å². The van der Waals surface area contributed by atoms with Crippen LogP contribution in [-0.4, -0.2) is 47.9 Å². The van der Waals surface area contributed by atoms with Crippen LogP contribution in [-0.2, 0) is 22.6 Å². The summed E-state index contributed by atoms with van der Waals surface area (Å²) in [6, 6.07) is 18.8. The zero-order valence-corrected chi connectivity index (χ0v) is 21.3. The number of hydrogen-bond acceptors (Lipinski definition) is 4. The van der Waals surface area contributed by atoms with Crippen molar-refractivity contribution in [3.63, 3.8) is 0 Å². The lowest BCUT2D eigenvalue weighted by atomic mass is 10.1. The number of nitrogens with zero attached hydrogens (tertiary/aromatic N) is 2. The topological polar surface area (TPSA) is 49.9 Å². The Morgan fingerprint density at radius 3 is 2.47 bits per heavy atom. The van der Waals surface area contributed by atoms with Gasteiger partial charge in [-0.2, -0.15) is 0 Å². The van der Waals surface area contributed by atoms with E-state index < -0.39 is 0 Å². The van der Waals surface area contributed by atoms with Crippen LogP contribution < -0.4 is 0 Å². The molecule has 0 aliphatic rings. The number of rotatable bonds is 12. The minimum atomic E-state index is -0.209. The van der Waals surface area contributed by atoms with Gasteiger partial charge >= 0.3 is 0 Å². The summed E-state index contributed by atoms with van der Waals surface area (Å²) in [6.07, 6.45) is 0.649. The van der Waals surface area contributed by atoms with Crippen molar-refractivity contribution >= 4 is 34.8 Å². The number of hydrogen-bond donors (Lipinski definition) is 0. The number of ether oxygens (including phenoxy) is 1. The molecular weight excluding hydrogens is 468 g/mol. The summed E-state index contributed by atoms with van der Waals surface area (Å²) in [4.78, 5) is 31.5. The molecule has 34 heavy (non-hydrogen) atoms. The maximum atomic E-state index is 13.6. The lowest BCUT2D eigenvalue weighted by Crippen LogP contribution is -2.43. The fourth-order valence-corrected chi connectivity index (χ4v) is 4.71. The molecule has 0 aliphatic heterocycles. The smallest absolute Gasteiger partial charge is 0.254 e. The Kier molecular flexibility index (Phi) is 10.1. The van der Waals surface area contributed by atoms with E-state index in [2.05, 4.69) is 13.0 Å². The van der Waals surface area contributed by atoms with E-state index in [1.807, 2.05) is 47.5 Å². The highest BCUT2D eigenvalue weighted by Crippen LogP contribution is 2.20.